The number of nitrogens with one attached hydrogen (secondary N) is 2. The molecule has 1 aromatic carbocycles. The Bertz CT molecular complexity index is 1020. The zero-order valence-corrected chi connectivity index (χ0v) is 17.5. The summed E-state index contributed by atoms with van der Waals surface area (Å²) in [5.74, 6) is 2.11. The topological polar surface area (TPSA) is 84.5 Å². The first-order valence-electron chi connectivity index (χ1n) is 10.6. The lowest BCUT2D eigenvalue weighted by Gasteiger charge is -2.42. The molecule has 0 aliphatic carbocycles. The number of anilines is 3. The van der Waals surface area contributed by atoms with Crippen molar-refractivity contribution in [1.29, 1.82) is 0 Å². The summed E-state index contributed by atoms with van der Waals surface area (Å²) in [6.45, 7) is 6.65. The molecule has 7 nitrogen and oxygen atoms in total. The molecule has 30 heavy (non-hydrogen) atoms. The van der Waals surface area contributed by atoms with Crippen LogP contribution >= 0.6 is 0 Å². The number of aromatic amines is 1. The highest BCUT2D eigenvalue weighted by Gasteiger charge is 2.33. The second kappa shape index (κ2) is 8.65. The van der Waals surface area contributed by atoms with Gasteiger partial charge in [0.05, 0.1) is 11.7 Å². The van der Waals surface area contributed by atoms with Gasteiger partial charge in [0.2, 0.25) is 0 Å². The number of phenols is 1. The molecule has 0 saturated carbocycles. The van der Waals surface area contributed by atoms with Crippen molar-refractivity contribution < 1.29 is 9.90 Å². The molecule has 3 N–H and O–H groups in total. The normalized spacial score (nSPS) is 19.1. The lowest BCUT2D eigenvalue weighted by Crippen LogP contribution is -2.51. The summed E-state index contributed by atoms with van der Waals surface area (Å²) in [7, 11) is 0. The van der Waals surface area contributed by atoms with Gasteiger partial charge in [0.15, 0.2) is 5.82 Å². The van der Waals surface area contributed by atoms with Crippen molar-refractivity contribution in [2.75, 3.05) is 34.8 Å². The second-order valence-electron chi connectivity index (χ2n) is 7.69. The first kappa shape index (κ1) is 20.1. The lowest BCUT2D eigenvalue weighted by molar-refractivity contribution is -0.109. The predicted octanol–water partition coefficient (Wildman–Crippen LogP) is 3.76. The van der Waals surface area contributed by atoms with Gasteiger partial charge in [0.1, 0.15) is 17.9 Å². The molecule has 0 spiro atoms. The van der Waals surface area contributed by atoms with Crippen LogP contribution in [0.2, 0.25) is 0 Å². The number of rotatable bonds is 7. The molecule has 0 amide bonds. The Morgan fingerprint density at radius 1 is 1.33 bits per heavy atom. The third-order valence-corrected chi connectivity index (χ3v) is 5.88. The van der Waals surface area contributed by atoms with Crippen molar-refractivity contribution in [3.05, 3.63) is 42.6 Å². The van der Waals surface area contributed by atoms with E-state index in [-0.39, 0.29) is 17.8 Å². The average molecular weight is 408 g/mol. The number of hydrogen-bond donors (Lipinski definition) is 3. The van der Waals surface area contributed by atoms with Crippen LogP contribution in [0.15, 0.2) is 42.6 Å². The molecule has 1 aliphatic heterocycles. The van der Waals surface area contributed by atoms with Crippen LogP contribution in [-0.4, -0.2) is 53.1 Å². The fraction of sp³-hybridized carbons (Fsp3) is 0.391. The number of pyridine rings is 1. The van der Waals surface area contributed by atoms with Gasteiger partial charge in [-0.05, 0) is 63.1 Å². The van der Waals surface area contributed by atoms with Crippen molar-refractivity contribution in [3.63, 3.8) is 0 Å². The van der Waals surface area contributed by atoms with Crippen LogP contribution in [0.5, 0.6) is 5.75 Å². The average Bonchev–Trinajstić information content (AvgIpc) is 3.18. The molecule has 0 radical (unpaired) electrons. The van der Waals surface area contributed by atoms with Gasteiger partial charge in [-0.25, -0.2) is 4.98 Å². The quantitative estimate of drug-likeness (QED) is 0.517. The molecule has 158 valence electrons. The molecule has 2 atom stereocenters. The van der Waals surface area contributed by atoms with Crippen molar-refractivity contribution in [2.45, 2.75) is 38.8 Å². The highest BCUT2D eigenvalue weighted by molar-refractivity contribution is 5.86. The van der Waals surface area contributed by atoms with Crippen LogP contribution in [0.25, 0.3) is 10.9 Å². The van der Waals surface area contributed by atoms with E-state index in [9.17, 15) is 9.90 Å². The number of aldehydes is 1. The third kappa shape index (κ3) is 3.79. The molecule has 1 aliphatic rings. The number of nitrogens with zero attached hydrogens (tertiary/aromatic N) is 3. The zero-order valence-electron chi connectivity index (χ0n) is 17.5. The minimum Gasteiger partial charge on any atom is -0.508 e. The van der Waals surface area contributed by atoms with Crippen LogP contribution in [0, 0.1) is 0 Å². The van der Waals surface area contributed by atoms with Crippen molar-refractivity contribution in [2.24, 2.45) is 0 Å². The predicted molar refractivity (Wildman–Crippen MR) is 122 cm³/mol. The second-order valence-corrected chi connectivity index (χ2v) is 7.69. The van der Waals surface area contributed by atoms with Gasteiger partial charge in [0, 0.05) is 42.8 Å². The standard InChI is InChI=1S/C23H29N5O2/c1-3-24-21-6-5-10-25-23(21)27(4-2)17-9-11-28(18(14-17)15-29)22-13-16-12-19(30)7-8-20(16)26-22/h5-8,10,12-13,15,17-18,24,26,30H,3-4,9,11,14H2,1-2H3. The maximum Gasteiger partial charge on any atom is 0.152 e. The van der Waals surface area contributed by atoms with Gasteiger partial charge in [0.25, 0.3) is 0 Å². The SMILES string of the molecule is CCNc1cccnc1N(CC)C1CCN(c2cc3cc(O)ccc3[nH]2)C(C=O)C1. The van der Waals surface area contributed by atoms with Crippen LogP contribution in [0.1, 0.15) is 26.7 Å². The zero-order chi connectivity index (χ0) is 21.1. The van der Waals surface area contributed by atoms with E-state index in [1.54, 1.807) is 12.1 Å². The number of carbonyl (C=O) groups excluding carboxylic acids is 1. The van der Waals surface area contributed by atoms with Crippen LogP contribution in [-0.2, 0) is 4.79 Å². The van der Waals surface area contributed by atoms with Gasteiger partial charge >= 0.3 is 0 Å². The summed E-state index contributed by atoms with van der Waals surface area (Å²) in [5, 5.41) is 14.1. The Balaban J connectivity index is 1.57. The summed E-state index contributed by atoms with van der Waals surface area (Å²) in [5.41, 5.74) is 1.98. The molecule has 1 saturated heterocycles. The highest BCUT2D eigenvalue weighted by Crippen LogP contribution is 2.33. The lowest BCUT2D eigenvalue weighted by atomic mass is 9.96. The largest absolute Gasteiger partial charge is 0.508 e. The van der Waals surface area contributed by atoms with E-state index in [1.165, 1.54) is 0 Å². The number of H-pyrrole nitrogens is 1. The fourth-order valence-electron chi connectivity index (χ4n) is 4.48. The van der Waals surface area contributed by atoms with E-state index in [4.69, 9.17) is 0 Å². The molecule has 7 heteroatoms. The summed E-state index contributed by atoms with van der Waals surface area (Å²) >= 11 is 0. The van der Waals surface area contributed by atoms with Crippen molar-refractivity contribution >= 4 is 34.5 Å². The Labute approximate surface area is 176 Å². The molecule has 0 bridgehead atoms. The minimum absolute atomic E-state index is 0.217. The van der Waals surface area contributed by atoms with Gasteiger partial charge < -0.3 is 30.0 Å². The van der Waals surface area contributed by atoms with E-state index >= 15 is 0 Å². The highest BCUT2D eigenvalue weighted by atomic mass is 16.3. The molecule has 2 aromatic heterocycles. The first-order valence-corrected chi connectivity index (χ1v) is 10.6. The summed E-state index contributed by atoms with van der Waals surface area (Å²) < 4.78 is 0. The molecule has 1 fully saturated rings. The van der Waals surface area contributed by atoms with E-state index < -0.39 is 0 Å². The van der Waals surface area contributed by atoms with Gasteiger partial charge in [-0.1, -0.05) is 0 Å². The summed E-state index contributed by atoms with van der Waals surface area (Å²) in [4.78, 5) is 24.5. The molecule has 2 unspecified atom stereocenters. The Morgan fingerprint density at radius 2 is 2.20 bits per heavy atom. The number of phenolic OH excluding ortho intramolecular Hbond substituents is 1. The number of carbonyl (C=O) groups is 1. The number of fused-ring (bicyclic) bond motifs is 1. The van der Waals surface area contributed by atoms with Gasteiger partial charge in [-0.15, -0.1) is 0 Å². The minimum atomic E-state index is -0.217. The Morgan fingerprint density at radius 3 is 2.97 bits per heavy atom. The molecule has 4 rings (SSSR count). The van der Waals surface area contributed by atoms with Gasteiger partial charge in [-0.3, -0.25) is 0 Å². The summed E-state index contributed by atoms with van der Waals surface area (Å²) in [6, 6.07) is 11.3. The van der Waals surface area contributed by atoms with E-state index in [0.717, 1.165) is 67.0 Å². The van der Waals surface area contributed by atoms with Crippen LogP contribution in [0.3, 0.4) is 0 Å². The van der Waals surface area contributed by atoms with Gasteiger partial charge in [-0.2, -0.15) is 0 Å². The molecule has 3 aromatic rings. The number of aromatic nitrogens is 2. The molecular formula is C23H29N5O2. The van der Waals surface area contributed by atoms with Crippen molar-refractivity contribution in [1.82, 2.24) is 9.97 Å². The smallest absolute Gasteiger partial charge is 0.152 e. The fourth-order valence-corrected chi connectivity index (χ4v) is 4.48. The van der Waals surface area contributed by atoms with Crippen LogP contribution in [0.4, 0.5) is 17.3 Å². The monoisotopic (exact) mass is 407 g/mol. The number of hydrogen-bond acceptors (Lipinski definition) is 6. The van der Waals surface area contributed by atoms with E-state index in [0.29, 0.717) is 0 Å². The molecule has 3 heterocycles. The molecular weight excluding hydrogens is 378 g/mol. The van der Waals surface area contributed by atoms with E-state index in [1.807, 2.05) is 24.4 Å². The third-order valence-electron chi connectivity index (χ3n) is 5.88. The summed E-state index contributed by atoms with van der Waals surface area (Å²) in [6.07, 6.45) is 4.54. The van der Waals surface area contributed by atoms with Crippen LogP contribution < -0.4 is 15.1 Å². The maximum absolute atomic E-state index is 12.0. The Hall–Kier alpha value is -3.22. The number of piperidine rings is 1. The maximum atomic E-state index is 12.0. The van der Waals surface area contributed by atoms with E-state index in [2.05, 4.69) is 45.0 Å². The first-order chi connectivity index (χ1) is 14.6. The number of aromatic hydroxyl groups is 1. The Kier molecular flexibility index (Phi) is 5.79. The van der Waals surface area contributed by atoms with Crippen molar-refractivity contribution in [3.8, 4) is 5.75 Å². The number of benzene rings is 1.